The summed E-state index contributed by atoms with van der Waals surface area (Å²) >= 11 is 7.50. The molecule has 0 bridgehead atoms. The van der Waals surface area contributed by atoms with Gasteiger partial charge in [-0.2, -0.15) is 0 Å². The second-order valence-electron chi connectivity index (χ2n) is 5.08. The van der Waals surface area contributed by atoms with Gasteiger partial charge in [0.1, 0.15) is 0 Å². The average molecular weight is 334 g/mol. The zero-order valence-corrected chi connectivity index (χ0v) is 13.9. The molecule has 3 aromatic rings. The summed E-state index contributed by atoms with van der Waals surface area (Å²) in [5.41, 5.74) is 1.16. The lowest BCUT2D eigenvalue weighted by Crippen LogP contribution is -2.22. The summed E-state index contributed by atoms with van der Waals surface area (Å²) in [7, 11) is 0. The Bertz CT molecular complexity index is 724. The molecule has 0 spiro atoms. The highest BCUT2D eigenvalue weighted by Gasteiger charge is 2.17. The summed E-state index contributed by atoms with van der Waals surface area (Å²) in [4.78, 5) is 0.983. The minimum Gasteiger partial charge on any atom is -0.418 e. The average Bonchev–Trinajstić information content (AvgIpc) is 3.19. The third kappa shape index (κ3) is 3.38. The van der Waals surface area contributed by atoms with Crippen LogP contribution in [0.1, 0.15) is 37.4 Å². The predicted molar refractivity (Wildman–Crippen MR) is 89.0 cm³/mol. The zero-order chi connectivity index (χ0) is 15.5. The highest BCUT2D eigenvalue weighted by Crippen LogP contribution is 2.26. The molecule has 0 radical (unpaired) electrons. The lowest BCUT2D eigenvalue weighted by molar-refractivity contribution is 0.395. The summed E-state index contributed by atoms with van der Waals surface area (Å²) < 4.78 is 5.75. The Hall–Kier alpha value is -1.69. The number of halogens is 1. The fourth-order valence-corrected chi connectivity index (χ4v) is 2.97. The molecule has 22 heavy (non-hydrogen) atoms. The van der Waals surface area contributed by atoms with Crippen molar-refractivity contribution in [2.75, 3.05) is 0 Å². The van der Waals surface area contributed by atoms with E-state index in [9.17, 15) is 0 Å². The lowest BCUT2D eigenvalue weighted by Gasteiger charge is -2.17. The van der Waals surface area contributed by atoms with Crippen LogP contribution in [0.4, 0.5) is 0 Å². The van der Waals surface area contributed by atoms with Gasteiger partial charge < -0.3 is 4.42 Å². The maximum atomic E-state index is 5.92. The van der Waals surface area contributed by atoms with E-state index in [1.807, 2.05) is 48.7 Å². The standard InChI is InChI=1S/C16H16ClN3OS/c1-10(12-5-7-13(17)8-6-12)18-11(2)15-19-20-16(21-15)14-4-3-9-22-14/h3-11,18H,1-2H3/t10-,11-/m0/s1. The maximum Gasteiger partial charge on any atom is 0.257 e. The molecule has 0 fully saturated rings. The van der Waals surface area contributed by atoms with Crippen molar-refractivity contribution in [1.29, 1.82) is 0 Å². The minimum atomic E-state index is -0.0353. The SMILES string of the molecule is C[C@H](N[C@@H](C)c1nnc(-c2cccs2)o1)c1ccc(Cl)cc1. The van der Waals surface area contributed by atoms with Crippen molar-refractivity contribution in [2.24, 2.45) is 0 Å². The van der Waals surface area contributed by atoms with Gasteiger partial charge in [-0.25, -0.2) is 0 Å². The largest absolute Gasteiger partial charge is 0.418 e. The molecule has 0 aliphatic rings. The van der Waals surface area contributed by atoms with Gasteiger partial charge in [-0.3, -0.25) is 5.32 Å². The second kappa shape index (κ2) is 6.60. The smallest absolute Gasteiger partial charge is 0.257 e. The van der Waals surface area contributed by atoms with Crippen LogP contribution < -0.4 is 5.32 Å². The quantitative estimate of drug-likeness (QED) is 0.724. The van der Waals surface area contributed by atoms with Crippen molar-refractivity contribution in [1.82, 2.24) is 15.5 Å². The van der Waals surface area contributed by atoms with Gasteiger partial charge in [-0.05, 0) is 43.0 Å². The van der Waals surface area contributed by atoms with Crippen molar-refractivity contribution in [2.45, 2.75) is 25.9 Å². The van der Waals surface area contributed by atoms with Crippen LogP contribution in [0.25, 0.3) is 10.8 Å². The third-order valence-electron chi connectivity index (χ3n) is 3.41. The molecule has 2 atom stereocenters. The van der Waals surface area contributed by atoms with Crippen LogP contribution in [-0.2, 0) is 0 Å². The van der Waals surface area contributed by atoms with E-state index in [1.54, 1.807) is 11.3 Å². The van der Waals surface area contributed by atoms with E-state index in [0.717, 1.165) is 15.5 Å². The van der Waals surface area contributed by atoms with E-state index < -0.39 is 0 Å². The summed E-state index contributed by atoms with van der Waals surface area (Å²) in [6.45, 7) is 4.11. The molecular formula is C16H16ClN3OS. The van der Waals surface area contributed by atoms with Crippen molar-refractivity contribution in [3.05, 3.63) is 58.3 Å². The Labute approximate surface area is 138 Å². The summed E-state index contributed by atoms with van der Waals surface area (Å²) in [5, 5.41) is 14.4. The minimum absolute atomic E-state index is 0.0353. The van der Waals surface area contributed by atoms with Crippen molar-refractivity contribution in [3.63, 3.8) is 0 Å². The zero-order valence-electron chi connectivity index (χ0n) is 12.3. The van der Waals surface area contributed by atoms with Gasteiger partial charge >= 0.3 is 0 Å². The number of hydrogen-bond donors (Lipinski definition) is 1. The molecule has 1 aromatic carbocycles. The van der Waals surface area contributed by atoms with Crippen LogP contribution in [0.5, 0.6) is 0 Å². The van der Waals surface area contributed by atoms with E-state index in [4.69, 9.17) is 16.0 Å². The number of hydrogen-bond acceptors (Lipinski definition) is 5. The van der Waals surface area contributed by atoms with Crippen LogP contribution in [0.15, 0.2) is 46.2 Å². The normalized spacial score (nSPS) is 14.0. The van der Waals surface area contributed by atoms with E-state index in [1.165, 1.54) is 0 Å². The Kier molecular flexibility index (Phi) is 4.57. The second-order valence-corrected chi connectivity index (χ2v) is 6.47. The lowest BCUT2D eigenvalue weighted by atomic mass is 10.1. The first kappa shape index (κ1) is 15.2. The number of thiophene rings is 1. The first-order valence-electron chi connectivity index (χ1n) is 7.02. The van der Waals surface area contributed by atoms with Crippen LogP contribution in [0.3, 0.4) is 0 Å². The Morgan fingerprint density at radius 2 is 1.86 bits per heavy atom. The Morgan fingerprint density at radius 3 is 2.55 bits per heavy atom. The van der Waals surface area contributed by atoms with Crippen LogP contribution in [-0.4, -0.2) is 10.2 Å². The molecule has 0 aliphatic heterocycles. The molecule has 3 rings (SSSR count). The number of benzene rings is 1. The van der Waals surface area contributed by atoms with Crippen LogP contribution in [0.2, 0.25) is 5.02 Å². The molecule has 0 unspecified atom stereocenters. The molecule has 1 N–H and O–H groups in total. The molecule has 2 heterocycles. The number of nitrogens with one attached hydrogen (secondary N) is 1. The van der Waals surface area contributed by atoms with Gasteiger partial charge in [0, 0.05) is 11.1 Å². The first-order chi connectivity index (χ1) is 10.6. The van der Waals surface area contributed by atoms with Crippen molar-refractivity contribution >= 4 is 22.9 Å². The third-order valence-corrected chi connectivity index (χ3v) is 4.52. The highest BCUT2D eigenvalue weighted by atomic mass is 35.5. The van der Waals surface area contributed by atoms with Gasteiger partial charge in [0.05, 0.1) is 10.9 Å². The summed E-state index contributed by atoms with van der Waals surface area (Å²) in [6, 6.07) is 11.9. The molecule has 114 valence electrons. The van der Waals surface area contributed by atoms with Gasteiger partial charge in [0.15, 0.2) is 0 Å². The molecule has 0 aliphatic carbocycles. The summed E-state index contributed by atoms with van der Waals surface area (Å²) in [6.07, 6.45) is 0. The fraction of sp³-hybridized carbons (Fsp3) is 0.250. The highest BCUT2D eigenvalue weighted by molar-refractivity contribution is 7.13. The van der Waals surface area contributed by atoms with Crippen molar-refractivity contribution < 1.29 is 4.42 Å². The molecular weight excluding hydrogens is 318 g/mol. The summed E-state index contributed by atoms with van der Waals surface area (Å²) in [5.74, 6) is 1.15. The van der Waals surface area contributed by atoms with E-state index >= 15 is 0 Å². The Balaban J connectivity index is 1.69. The molecule has 6 heteroatoms. The monoisotopic (exact) mass is 333 g/mol. The van der Waals surface area contributed by atoms with Gasteiger partial charge in [-0.1, -0.05) is 29.8 Å². The number of rotatable bonds is 5. The topological polar surface area (TPSA) is 51.0 Å². The van der Waals surface area contributed by atoms with Crippen LogP contribution in [0, 0.1) is 0 Å². The maximum absolute atomic E-state index is 5.92. The van der Waals surface area contributed by atoms with E-state index in [-0.39, 0.29) is 12.1 Å². The van der Waals surface area contributed by atoms with Crippen LogP contribution >= 0.6 is 22.9 Å². The van der Waals surface area contributed by atoms with E-state index in [0.29, 0.717) is 11.8 Å². The molecule has 4 nitrogen and oxygen atoms in total. The molecule has 0 saturated heterocycles. The molecule has 0 amide bonds. The van der Waals surface area contributed by atoms with Gasteiger partial charge in [0.25, 0.3) is 5.89 Å². The number of aromatic nitrogens is 2. The van der Waals surface area contributed by atoms with Gasteiger partial charge in [0.2, 0.25) is 5.89 Å². The Morgan fingerprint density at radius 1 is 1.09 bits per heavy atom. The van der Waals surface area contributed by atoms with E-state index in [2.05, 4.69) is 22.4 Å². The first-order valence-corrected chi connectivity index (χ1v) is 8.28. The van der Waals surface area contributed by atoms with Gasteiger partial charge in [-0.15, -0.1) is 21.5 Å². The molecule has 0 saturated carbocycles. The fourth-order valence-electron chi connectivity index (χ4n) is 2.20. The molecule has 2 aromatic heterocycles. The number of nitrogens with zero attached hydrogens (tertiary/aromatic N) is 2. The predicted octanol–water partition coefficient (Wildman–Crippen LogP) is 4.86. The van der Waals surface area contributed by atoms with Crippen molar-refractivity contribution in [3.8, 4) is 10.8 Å².